The Morgan fingerprint density at radius 1 is 1.03 bits per heavy atom. The van der Waals surface area contributed by atoms with Gasteiger partial charge in [-0.1, -0.05) is 24.3 Å². The third-order valence-electron chi connectivity index (χ3n) is 4.54. The zero-order chi connectivity index (χ0) is 20.8. The van der Waals surface area contributed by atoms with Gasteiger partial charge >= 0.3 is 0 Å². The molecule has 4 aromatic rings. The number of benzene rings is 2. The van der Waals surface area contributed by atoms with Crippen molar-refractivity contribution in [1.29, 1.82) is 0 Å². The summed E-state index contributed by atoms with van der Waals surface area (Å²) in [6, 6.07) is 20.1. The van der Waals surface area contributed by atoms with Crippen molar-refractivity contribution in [2.45, 2.75) is 19.6 Å². The number of fused-ring (bicyclic) bond motifs is 1. The molecule has 7 heteroatoms. The Morgan fingerprint density at radius 2 is 1.90 bits per heavy atom. The molecule has 1 N–H and O–H groups in total. The number of carbonyl (C=O) groups excluding carboxylic acids is 1. The van der Waals surface area contributed by atoms with Crippen LogP contribution in [0.5, 0.6) is 5.75 Å². The molecule has 150 valence electrons. The molecule has 7 nitrogen and oxygen atoms in total. The first kappa shape index (κ1) is 19.3. The largest absolute Gasteiger partial charge is 0.487 e. The fraction of sp³-hybridized carbons (Fsp3) is 0.130. The molecule has 0 aliphatic heterocycles. The molecule has 30 heavy (non-hydrogen) atoms. The number of ether oxygens (including phenoxy) is 1. The summed E-state index contributed by atoms with van der Waals surface area (Å²) in [5.74, 6) is 0.494. The van der Waals surface area contributed by atoms with Crippen LogP contribution < -0.4 is 15.5 Å². The topological polar surface area (TPSA) is 86.1 Å². The van der Waals surface area contributed by atoms with E-state index in [-0.39, 0.29) is 17.8 Å². The summed E-state index contributed by atoms with van der Waals surface area (Å²) in [6.45, 7) is 0.714. The summed E-state index contributed by atoms with van der Waals surface area (Å²) in [5, 5.41) is 7.61. The molecule has 2 aromatic heterocycles. The number of anilines is 1. The summed E-state index contributed by atoms with van der Waals surface area (Å²) >= 11 is 0. The van der Waals surface area contributed by atoms with Gasteiger partial charge < -0.3 is 10.1 Å². The van der Waals surface area contributed by atoms with Gasteiger partial charge in [0.15, 0.2) is 0 Å². The molecule has 0 saturated heterocycles. The van der Waals surface area contributed by atoms with Gasteiger partial charge in [0.1, 0.15) is 12.4 Å². The van der Waals surface area contributed by atoms with Gasteiger partial charge in [0, 0.05) is 29.8 Å². The summed E-state index contributed by atoms with van der Waals surface area (Å²) < 4.78 is 7.41. The second-order valence-corrected chi connectivity index (χ2v) is 6.68. The Balaban J connectivity index is 1.37. The molecule has 0 spiro atoms. The molecule has 4 rings (SSSR count). The molecule has 0 fully saturated rings. The third kappa shape index (κ3) is 4.70. The van der Waals surface area contributed by atoms with Crippen LogP contribution in [0.1, 0.15) is 12.1 Å². The minimum absolute atomic E-state index is 0.131. The number of aromatic nitrogens is 3. The van der Waals surface area contributed by atoms with Gasteiger partial charge in [0.05, 0.1) is 24.0 Å². The van der Waals surface area contributed by atoms with Crippen molar-refractivity contribution >= 4 is 22.5 Å². The normalized spacial score (nSPS) is 10.7. The number of aryl methyl sites for hydroxylation is 1. The Bertz CT molecular complexity index is 1220. The molecule has 2 heterocycles. The van der Waals surface area contributed by atoms with E-state index in [2.05, 4.69) is 15.4 Å². The van der Waals surface area contributed by atoms with Crippen LogP contribution in [0.15, 0.2) is 83.9 Å². The van der Waals surface area contributed by atoms with E-state index in [1.165, 1.54) is 6.20 Å². The van der Waals surface area contributed by atoms with Crippen molar-refractivity contribution in [3.63, 3.8) is 0 Å². The maximum Gasteiger partial charge on any atom is 0.226 e. The van der Waals surface area contributed by atoms with E-state index in [0.29, 0.717) is 35.5 Å². The molecule has 0 aliphatic rings. The van der Waals surface area contributed by atoms with Crippen molar-refractivity contribution in [2.24, 2.45) is 0 Å². The van der Waals surface area contributed by atoms with Crippen LogP contribution in [0.2, 0.25) is 0 Å². The molecule has 2 aromatic carbocycles. The van der Waals surface area contributed by atoms with Crippen LogP contribution in [0.3, 0.4) is 0 Å². The Kier molecular flexibility index (Phi) is 5.80. The number of nitrogens with zero attached hydrogens (tertiary/aromatic N) is 3. The Morgan fingerprint density at radius 3 is 2.77 bits per heavy atom. The van der Waals surface area contributed by atoms with E-state index in [0.717, 1.165) is 5.69 Å². The molecule has 1 amide bonds. The first-order valence-corrected chi connectivity index (χ1v) is 9.56. The van der Waals surface area contributed by atoms with Crippen LogP contribution in [0.25, 0.3) is 10.9 Å². The van der Waals surface area contributed by atoms with Crippen LogP contribution in [-0.2, 0) is 17.9 Å². The van der Waals surface area contributed by atoms with Gasteiger partial charge in [-0.2, -0.15) is 5.10 Å². The number of carbonyl (C=O) groups is 1. The highest BCUT2D eigenvalue weighted by Crippen LogP contribution is 2.18. The number of rotatable bonds is 7. The molecule has 0 atom stereocenters. The first-order valence-electron chi connectivity index (χ1n) is 9.56. The van der Waals surface area contributed by atoms with Crippen molar-refractivity contribution in [2.75, 3.05) is 5.32 Å². The van der Waals surface area contributed by atoms with Gasteiger partial charge in [0.2, 0.25) is 11.3 Å². The number of para-hydroxylation sites is 1. The Labute approximate surface area is 173 Å². The Hall–Kier alpha value is -4.00. The van der Waals surface area contributed by atoms with Crippen molar-refractivity contribution in [3.8, 4) is 5.75 Å². The van der Waals surface area contributed by atoms with Crippen molar-refractivity contribution in [1.82, 2.24) is 14.8 Å². The van der Waals surface area contributed by atoms with Gasteiger partial charge in [-0.05, 0) is 36.4 Å². The molecule has 0 bridgehead atoms. The lowest BCUT2D eigenvalue weighted by molar-refractivity contribution is -0.116. The molecule has 0 aliphatic carbocycles. The summed E-state index contributed by atoms with van der Waals surface area (Å²) in [4.78, 5) is 28.6. The van der Waals surface area contributed by atoms with Gasteiger partial charge in [-0.3, -0.25) is 19.3 Å². The lowest BCUT2D eigenvalue weighted by Gasteiger charge is -2.11. The maximum absolute atomic E-state index is 12.4. The van der Waals surface area contributed by atoms with Crippen LogP contribution in [-0.4, -0.2) is 20.7 Å². The van der Waals surface area contributed by atoms with E-state index in [9.17, 15) is 9.59 Å². The predicted molar refractivity (Wildman–Crippen MR) is 114 cm³/mol. The average molecular weight is 400 g/mol. The second-order valence-electron chi connectivity index (χ2n) is 6.68. The number of amides is 1. The average Bonchev–Trinajstić information content (AvgIpc) is 2.78. The minimum Gasteiger partial charge on any atom is -0.487 e. The van der Waals surface area contributed by atoms with Gasteiger partial charge in [-0.15, -0.1) is 0 Å². The smallest absolute Gasteiger partial charge is 0.226 e. The zero-order valence-electron chi connectivity index (χ0n) is 16.2. The van der Waals surface area contributed by atoms with Gasteiger partial charge in [-0.25, -0.2) is 0 Å². The highest BCUT2D eigenvalue weighted by Gasteiger charge is 2.08. The van der Waals surface area contributed by atoms with Crippen molar-refractivity contribution < 1.29 is 9.53 Å². The van der Waals surface area contributed by atoms with Gasteiger partial charge in [0.25, 0.3) is 0 Å². The maximum atomic E-state index is 12.4. The highest BCUT2D eigenvalue weighted by atomic mass is 16.5. The molecular formula is C23H20N4O3. The quantitative estimate of drug-likeness (QED) is 0.514. The predicted octanol–water partition coefficient (Wildman–Crippen LogP) is 3.40. The molecule has 0 unspecified atom stereocenters. The summed E-state index contributed by atoms with van der Waals surface area (Å²) in [5.41, 5.74) is 2.06. The number of pyridine rings is 1. The number of hydrogen-bond donors (Lipinski definition) is 1. The highest BCUT2D eigenvalue weighted by molar-refractivity contribution is 5.91. The monoisotopic (exact) mass is 400 g/mol. The van der Waals surface area contributed by atoms with E-state index in [1.54, 1.807) is 29.1 Å². The summed E-state index contributed by atoms with van der Waals surface area (Å²) in [6.07, 6.45) is 3.22. The van der Waals surface area contributed by atoms with E-state index >= 15 is 0 Å². The first-order chi connectivity index (χ1) is 14.7. The van der Waals surface area contributed by atoms with E-state index < -0.39 is 0 Å². The van der Waals surface area contributed by atoms with Crippen LogP contribution in [0.4, 0.5) is 5.69 Å². The minimum atomic E-state index is -0.151. The van der Waals surface area contributed by atoms with Crippen molar-refractivity contribution in [3.05, 3.63) is 95.0 Å². The molecular weight excluding hydrogens is 380 g/mol. The van der Waals surface area contributed by atoms with E-state index in [4.69, 9.17) is 4.74 Å². The van der Waals surface area contributed by atoms with Crippen LogP contribution >= 0.6 is 0 Å². The number of nitrogens with one attached hydrogen (secondary N) is 1. The second kappa shape index (κ2) is 9.00. The fourth-order valence-electron chi connectivity index (χ4n) is 3.07. The van der Waals surface area contributed by atoms with Crippen LogP contribution in [0, 0.1) is 0 Å². The number of hydrogen-bond acceptors (Lipinski definition) is 5. The molecule has 0 saturated carbocycles. The third-order valence-corrected chi connectivity index (χ3v) is 4.54. The van der Waals surface area contributed by atoms with E-state index in [1.807, 2.05) is 48.5 Å². The zero-order valence-corrected chi connectivity index (χ0v) is 16.2. The summed E-state index contributed by atoms with van der Waals surface area (Å²) in [7, 11) is 0. The molecule has 0 radical (unpaired) electrons. The lowest BCUT2D eigenvalue weighted by Crippen LogP contribution is -2.18. The lowest BCUT2D eigenvalue weighted by atomic mass is 10.2. The SMILES string of the molecule is O=C(CCn1ncc(=O)c2ccccc21)Nc1cccc(OCc2ccccn2)c1. The fourth-order valence-corrected chi connectivity index (χ4v) is 3.07. The standard InChI is InChI=1S/C23H20N4O3/c28-22-15-25-27(21-10-2-1-9-20(21)22)13-11-23(29)26-17-7-5-8-19(14-17)30-16-18-6-3-4-12-24-18/h1-10,12,14-15H,11,13,16H2,(H,26,29).